The first-order valence-corrected chi connectivity index (χ1v) is 7.42. The summed E-state index contributed by atoms with van der Waals surface area (Å²) >= 11 is 0. The molecule has 2 saturated heterocycles. The number of carbonyl (C=O) groups is 1. The number of hydrogen-bond donors (Lipinski definition) is 1. The molecule has 4 nitrogen and oxygen atoms in total. The Balaban J connectivity index is 1.80. The molecule has 2 rings (SSSR count). The largest absolute Gasteiger partial charge is 0.342 e. The van der Waals surface area contributed by atoms with Crippen molar-refractivity contribution < 1.29 is 4.79 Å². The molecule has 2 heterocycles. The molecular formula is C14H27N3O. The Kier molecular flexibility index (Phi) is 5.01. The molecule has 0 bridgehead atoms. The zero-order valence-corrected chi connectivity index (χ0v) is 11.6. The number of rotatable bonds is 3. The molecule has 0 radical (unpaired) electrons. The molecule has 0 aromatic heterocycles. The predicted molar refractivity (Wildman–Crippen MR) is 73.2 cm³/mol. The van der Waals surface area contributed by atoms with E-state index in [0.29, 0.717) is 11.8 Å². The number of likely N-dealkylation sites (tertiary alicyclic amines) is 2. The fourth-order valence-corrected chi connectivity index (χ4v) is 3.23. The van der Waals surface area contributed by atoms with Crippen molar-refractivity contribution in [3.63, 3.8) is 0 Å². The molecule has 2 fully saturated rings. The van der Waals surface area contributed by atoms with Crippen molar-refractivity contribution >= 4 is 5.91 Å². The Hall–Kier alpha value is -0.610. The van der Waals surface area contributed by atoms with E-state index in [2.05, 4.69) is 16.7 Å². The van der Waals surface area contributed by atoms with Gasteiger partial charge in [0.2, 0.25) is 5.91 Å². The molecule has 1 unspecified atom stereocenters. The van der Waals surface area contributed by atoms with Crippen LogP contribution in [-0.2, 0) is 4.79 Å². The Bertz CT molecular complexity index is 274. The van der Waals surface area contributed by atoms with Crippen LogP contribution in [-0.4, -0.2) is 55.0 Å². The molecule has 2 aliphatic rings. The molecule has 0 aromatic rings. The highest BCUT2D eigenvalue weighted by molar-refractivity contribution is 5.79. The monoisotopic (exact) mass is 253 g/mol. The quantitative estimate of drug-likeness (QED) is 0.813. The Morgan fingerprint density at radius 2 is 1.94 bits per heavy atom. The van der Waals surface area contributed by atoms with Crippen molar-refractivity contribution in [1.29, 1.82) is 0 Å². The van der Waals surface area contributed by atoms with E-state index in [1.165, 1.54) is 12.8 Å². The molecule has 104 valence electrons. The van der Waals surface area contributed by atoms with Crippen molar-refractivity contribution in [3.05, 3.63) is 0 Å². The zero-order chi connectivity index (χ0) is 13.0. The van der Waals surface area contributed by atoms with Crippen molar-refractivity contribution in [2.24, 2.45) is 17.6 Å². The number of carbonyl (C=O) groups excluding carboxylic acids is 1. The average molecular weight is 253 g/mol. The third-order valence-corrected chi connectivity index (χ3v) is 4.35. The lowest BCUT2D eigenvalue weighted by molar-refractivity contribution is -0.138. The summed E-state index contributed by atoms with van der Waals surface area (Å²) in [5, 5.41) is 0. The fraction of sp³-hybridized carbons (Fsp3) is 0.929. The van der Waals surface area contributed by atoms with Crippen molar-refractivity contribution in [2.45, 2.75) is 32.6 Å². The van der Waals surface area contributed by atoms with Gasteiger partial charge in [-0.25, -0.2) is 0 Å². The number of nitrogens with two attached hydrogens (primary N) is 1. The van der Waals surface area contributed by atoms with Crippen LogP contribution in [0.5, 0.6) is 0 Å². The molecule has 2 aliphatic heterocycles. The van der Waals surface area contributed by atoms with E-state index in [1.54, 1.807) is 0 Å². The van der Waals surface area contributed by atoms with Gasteiger partial charge in [0.05, 0.1) is 0 Å². The summed E-state index contributed by atoms with van der Waals surface area (Å²) in [5.74, 6) is 1.36. The van der Waals surface area contributed by atoms with Gasteiger partial charge in [0, 0.05) is 32.1 Å². The minimum absolute atomic E-state index is 0.268. The summed E-state index contributed by atoms with van der Waals surface area (Å²) in [6.07, 6.45) is 4.49. The molecule has 1 atom stereocenters. The predicted octanol–water partition coefficient (Wildman–Crippen LogP) is 0.916. The van der Waals surface area contributed by atoms with Gasteiger partial charge < -0.3 is 15.5 Å². The third kappa shape index (κ3) is 3.45. The van der Waals surface area contributed by atoms with E-state index >= 15 is 0 Å². The van der Waals surface area contributed by atoms with Crippen LogP contribution in [0, 0.1) is 11.8 Å². The number of hydrogen-bond acceptors (Lipinski definition) is 3. The molecule has 0 aromatic carbocycles. The molecule has 2 N–H and O–H groups in total. The first-order valence-electron chi connectivity index (χ1n) is 7.42. The zero-order valence-electron chi connectivity index (χ0n) is 11.6. The Morgan fingerprint density at radius 3 is 2.56 bits per heavy atom. The molecule has 0 aliphatic carbocycles. The van der Waals surface area contributed by atoms with Gasteiger partial charge in [0.25, 0.3) is 0 Å². The topological polar surface area (TPSA) is 49.6 Å². The van der Waals surface area contributed by atoms with Gasteiger partial charge in [-0.1, -0.05) is 6.92 Å². The van der Waals surface area contributed by atoms with E-state index in [0.717, 1.165) is 52.1 Å². The van der Waals surface area contributed by atoms with Gasteiger partial charge in [-0.2, -0.15) is 0 Å². The number of amides is 1. The van der Waals surface area contributed by atoms with Crippen LogP contribution in [0.4, 0.5) is 0 Å². The third-order valence-electron chi connectivity index (χ3n) is 4.35. The van der Waals surface area contributed by atoms with Crippen LogP contribution in [0.3, 0.4) is 0 Å². The van der Waals surface area contributed by atoms with Gasteiger partial charge in [-0.15, -0.1) is 0 Å². The highest BCUT2D eigenvalue weighted by atomic mass is 16.2. The van der Waals surface area contributed by atoms with Crippen molar-refractivity contribution in [2.75, 3.05) is 39.3 Å². The maximum absolute atomic E-state index is 12.4. The molecular weight excluding hydrogens is 226 g/mol. The summed E-state index contributed by atoms with van der Waals surface area (Å²) in [6, 6.07) is 0. The van der Waals surface area contributed by atoms with Crippen LogP contribution in [0.15, 0.2) is 0 Å². The lowest BCUT2D eigenvalue weighted by atomic mass is 9.93. The normalized spacial score (nSPS) is 27.4. The number of nitrogens with zero attached hydrogens (tertiary/aromatic N) is 2. The number of piperidine rings is 2. The van der Waals surface area contributed by atoms with Crippen molar-refractivity contribution in [3.8, 4) is 0 Å². The fourth-order valence-electron chi connectivity index (χ4n) is 3.23. The van der Waals surface area contributed by atoms with Crippen LogP contribution < -0.4 is 5.73 Å². The Labute approximate surface area is 110 Å². The van der Waals surface area contributed by atoms with Gasteiger partial charge in [0.15, 0.2) is 0 Å². The summed E-state index contributed by atoms with van der Waals surface area (Å²) in [4.78, 5) is 16.9. The van der Waals surface area contributed by atoms with Crippen LogP contribution in [0.2, 0.25) is 0 Å². The van der Waals surface area contributed by atoms with E-state index in [9.17, 15) is 4.79 Å². The molecule has 0 saturated carbocycles. The second-order valence-electron chi connectivity index (χ2n) is 5.94. The summed E-state index contributed by atoms with van der Waals surface area (Å²) in [7, 11) is 0. The van der Waals surface area contributed by atoms with Crippen LogP contribution in [0.1, 0.15) is 32.6 Å². The second kappa shape index (κ2) is 6.53. The van der Waals surface area contributed by atoms with Gasteiger partial charge in [-0.3, -0.25) is 4.79 Å². The van der Waals surface area contributed by atoms with Gasteiger partial charge in [0.1, 0.15) is 0 Å². The van der Waals surface area contributed by atoms with E-state index < -0.39 is 0 Å². The maximum atomic E-state index is 12.4. The van der Waals surface area contributed by atoms with Gasteiger partial charge in [-0.05, 0) is 44.7 Å². The van der Waals surface area contributed by atoms with Gasteiger partial charge >= 0.3 is 0 Å². The summed E-state index contributed by atoms with van der Waals surface area (Å²) in [6.45, 7) is 7.98. The smallest absolute Gasteiger partial charge is 0.225 e. The van der Waals surface area contributed by atoms with Crippen molar-refractivity contribution in [1.82, 2.24) is 9.80 Å². The average Bonchev–Trinajstić information content (AvgIpc) is 2.39. The second-order valence-corrected chi connectivity index (χ2v) is 5.94. The lowest BCUT2D eigenvalue weighted by Crippen LogP contribution is -2.46. The standard InChI is InChI=1S/C14H27N3O/c1-12-3-2-7-17(11-12)14(18)13-4-8-16(9-5-13)10-6-15/h12-13H,2-11,15H2,1H3. The Morgan fingerprint density at radius 1 is 1.22 bits per heavy atom. The molecule has 1 amide bonds. The maximum Gasteiger partial charge on any atom is 0.225 e. The highest BCUT2D eigenvalue weighted by Gasteiger charge is 2.30. The first-order chi connectivity index (χ1) is 8.70. The van der Waals surface area contributed by atoms with E-state index in [4.69, 9.17) is 5.73 Å². The SMILES string of the molecule is CC1CCCN(C(=O)C2CCN(CCN)CC2)C1. The highest BCUT2D eigenvalue weighted by Crippen LogP contribution is 2.23. The molecule has 18 heavy (non-hydrogen) atoms. The summed E-state index contributed by atoms with van der Waals surface area (Å²) in [5.41, 5.74) is 5.57. The lowest BCUT2D eigenvalue weighted by Gasteiger charge is -2.37. The first kappa shape index (κ1) is 13.8. The minimum Gasteiger partial charge on any atom is -0.342 e. The van der Waals surface area contributed by atoms with E-state index in [1.807, 2.05) is 0 Å². The van der Waals surface area contributed by atoms with Crippen LogP contribution >= 0.6 is 0 Å². The van der Waals surface area contributed by atoms with Crippen LogP contribution in [0.25, 0.3) is 0 Å². The summed E-state index contributed by atoms with van der Waals surface area (Å²) < 4.78 is 0. The molecule has 4 heteroatoms. The molecule has 0 spiro atoms. The van der Waals surface area contributed by atoms with E-state index in [-0.39, 0.29) is 5.92 Å². The minimum atomic E-state index is 0.268.